The number of esters is 1. The predicted octanol–water partition coefficient (Wildman–Crippen LogP) is 8.38. The smallest absolute Gasteiger partial charge is 0.305 e. The van der Waals surface area contributed by atoms with Gasteiger partial charge in [-0.25, -0.2) is 0 Å². The highest BCUT2D eigenvalue weighted by Crippen LogP contribution is 2.11. The highest BCUT2D eigenvalue weighted by molar-refractivity contribution is 5.69. The van der Waals surface area contributed by atoms with Crippen molar-refractivity contribution in [2.75, 3.05) is 6.61 Å². The van der Waals surface area contributed by atoms with E-state index in [1.807, 2.05) is 0 Å². The van der Waals surface area contributed by atoms with Gasteiger partial charge in [0.2, 0.25) is 0 Å². The van der Waals surface area contributed by atoms with Crippen LogP contribution in [0.1, 0.15) is 142 Å². The summed E-state index contributed by atoms with van der Waals surface area (Å²) in [6.07, 6.45) is 27.9. The molecular weight excluding hydrogens is 388 g/mol. The highest BCUT2D eigenvalue weighted by Gasteiger charge is 2.03. The Kier molecular flexibility index (Phi) is 23.9. The van der Waals surface area contributed by atoms with Crippen LogP contribution in [0.15, 0.2) is 12.2 Å². The second kappa shape index (κ2) is 24.9. The maximum Gasteiger partial charge on any atom is 0.305 e. The molecule has 0 aliphatic heterocycles. The summed E-state index contributed by atoms with van der Waals surface area (Å²) < 4.78 is 5.29. The van der Waals surface area contributed by atoms with Gasteiger partial charge in [-0.15, -0.1) is 0 Å². The predicted molar refractivity (Wildman–Crippen MR) is 130 cm³/mol. The van der Waals surface area contributed by atoms with Gasteiger partial charge in [-0.05, 0) is 44.9 Å². The zero-order valence-corrected chi connectivity index (χ0v) is 20.4. The molecule has 0 heterocycles. The molecule has 0 aromatic carbocycles. The normalized spacial score (nSPS) is 11.3. The lowest BCUT2D eigenvalue weighted by Crippen LogP contribution is -2.05. The average molecular weight is 439 g/mol. The molecule has 0 fully saturated rings. The topological polar surface area (TPSA) is 63.6 Å². The summed E-state index contributed by atoms with van der Waals surface area (Å²) in [6, 6.07) is 0. The van der Waals surface area contributed by atoms with Crippen LogP contribution in [0.4, 0.5) is 0 Å². The van der Waals surface area contributed by atoms with E-state index in [0.717, 1.165) is 44.9 Å². The third-order valence-electron chi connectivity index (χ3n) is 5.69. The molecule has 0 spiro atoms. The lowest BCUT2D eigenvalue weighted by molar-refractivity contribution is -0.144. The summed E-state index contributed by atoms with van der Waals surface area (Å²) in [5, 5.41) is 8.57. The van der Waals surface area contributed by atoms with E-state index in [-0.39, 0.29) is 12.4 Å². The van der Waals surface area contributed by atoms with Crippen LogP contribution in [0, 0.1) is 0 Å². The van der Waals surface area contributed by atoms with E-state index in [1.54, 1.807) is 0 Å². The van der Waals surface area contributed by atoms with Gasteiger partial charge in [0.15, 0.2) is 0 Å². The summed E-state index contributed by atoms with van der Waals surface area (Å²) >= 11 is 0. The molecule has 0 atom stereocenters. The number of carbonyl (C=O) groups excluding carboxylic acids is 1. The number of carboxylic acids is 1. The van der Waals surface area contributed by atoms with Crippen LogP contribution in [-0.4, -0.2) is 23.7 Å². The molecule has 4 heteroatoms. The molecule has 0 rings (SSSR count). The molecule has 0 radical (unpaired) electrons. The lowest BCUT2D eigenvalue weighted by Gasteiger charge is -2.05. The van der Waals surface area contributed by atoms with Crippen molar-refractivity contribution < 1.29 is 19.4 Å². The standard InChI is InChI=1S/C27H50O4/c1-2-3-4-5-6-7-8-9-10-11-12-13-14-15-19-22-25-31-27(30)24-21-18-16-17-20-23-26(28)29/h9-10H,2-8,11-25H2,1H3,(H,28,29). The third-order valence-corrected chi connectivity index (χ3v) is 5.69. The summed E-state index contributed by atoms with van der Waals surface area (Å²) in [7, 11) is 0. The fraction of sp³-hybridized carbons (Fsp3) is 0.852. The summed E-state index contributed by atoms with van der Waals surface area (Å²) in [5.74, 6) is -0.812. The molecule has 0 saturated carbocycles. The number of hydrogen-bond acceptors (Lipinski definition) is 3. The van der Waals surface area contributed by atoms with E-state index in [9.17, 15) is 9.59 Å². The van der Waals surface area contributed by atoms with Crippen molar-refractivity contribution in [1.29, 1.82) is 0 Å². The Morgan fingerprint density at radius 1 is 0.613 bits per heavy atom. The number of allylic oxidation sites excluding steroid dienone is 2. The van der Waals surface area contributed by atoms with Crippen molar-refractivity contribution in [2.24, 2.45) is 0 Å². The van der Waals surface area contributed by atoms with Crippen LogP contribution in [0.25, 0.3) is 0 Å². The molecule has 0 aromatic rings. The summed E-state index contributed by atoms with van der Waals surface area (Å²) in [4.78, 5) is 22.1. The molecule has 182 valence electrons. The van der Waals surface area contributed by atoms with E-state index in [1.165, 1.54) is 77.0 Å². The van der Waals surface area contributed by atoms with Crippen LogP contribution < -0.4 is 0 Å². The van der Waals surface area contributed by atoms with Crippen molar-refractivity contribution in [3.8, 4) is 0 Å². The van der Waals surface area contributed by atoms with Crippen LogP contribution in [-0.2, 0) is 14.3 Å². The first-order chi connectivity index (χ1) is 15.2. The van der Waals surface area contributed by atoms with Gasteiger partial charge in [0.05, 0.1) is 6.61 Å². The first kappa shape index (κ1) is 29.7. The third kappa shape index (κ3) is 26.6. The van der Waals surface area contributed by atoms with Gasteiger partial charge in [0.1, 0.15) is 0 Å². The Balaban J connectivity index is 3.20. The minimum absolute atomic E-state index is 0.0849. The number of ether oxygens (including phenoxy) is 1. The maximum atomic E-state index is 11.7. The monoisotopic (exact) mass is 438 g/mol. The molecule has 0 aromatic heterocycles. The Labute approximate surface area is 192 Å². The van der Waals surface area contributed by atoms with Crippen molar-refractivity contribution in [3.63, 3.8) is 0 Å². The van der Waals surface area contributed by atoms with Gasteiger partial charge in [-0.2, -0.15) is 0 Å². The largest absolute Gasteiger partial charge is 0.481 e. The van der Waals surface area contributed by atoms with Crippen LogP contribution in [0.3, 0.4) is 0 Å². The van der Waals surface area contributed by atoms with E-state index < -0.39 is 5.97 Å². The average Bonchev–Trinajstić information content (AvgIpc) is 2.75. The van der Waals surface area contributed by atoms with E-state index in [0.29, 0.717) is 13.0 Å². The molecule has 0 saturated heterocycles. The molecule has 0 amide bonds. The second-order valence-corrected chi connectivity index (χ2v) is 8.82. The first-order valence-electron chi connectivity index (χ1n) is 13.2. The molecule has 0 aliphatic rings. The Morgan fingerprint density at radius 2 is 1.06 bits per heavy atom. The Morgan fingerprint density at radius 3 is 1.61 bits per heavy atom. The zero-order chi connectivity index (χ0) is 22.8. The number of unbranched alkanes of at least 4 members (excludes halogenated alkanes) is 16. The van der Waals surface area contributed by atoms with E-state index in [4.69, 9.17) is 9.84 Å². The maximum absolute atomic E-state index is 11.7. The van der Waals surface area contributed by atoms with Crippen molar-refractivity contribution >= 4 is 11.9 Å². The number of rotatable bonds is 24. The minimum atomic E-state index is -0.727. The van der Waals surface area contributed by atoms with Crippen molar-refractivity contribution in [1.82, 2.24) is 0 Å². The number of hydrogen-bond donors (Lipinski definition) is 1. The van der Waals surface area contributed by atoms with Gasteiger partial charge < -0.3 is 9.84 Å². The number of carbonyl (C=O) groups is 2. The number of carboxylic acid groups (broad SMARTS) is 1. The van der Waals surface area contributed by atoms with Gasteiger partial charge >= 0.3 is 11.9 Å². The van der Waals surface area contributed by atoms with Crippen LogP contribution in [0.2, 0.25) is 0 Å². The Hall–Kier alpha value is -1.32. The van der Waals surface area contributed by atoms with Crippen LogP contribution >= 0.6 is 0 Å². The van der Waals surface area contributed by atoms with Gasteiger partial charge in [-0.1, -0.05) is 96.1 Å². The minimum Gasteiger partial charge on any atom is -0.481 e. The molecule has 0 aliphatic carbocycles. The zero-order valence-electron chi connectivity index (χ0n) is 20.4. The molecule has 31 heavy (non-hydrogen) atoms. The molecule has 0 bridgehead atoms. The van der Waals surface area contributed by atoms with Gasteiger partial charge in [0.25, 0.3) is 0 Å². The summed E-state index contributed by atoms with van der Waals surface area (Å²) in [5.41, 5.74) is 0. The fourth-order valence-corrected chi connectivity index (χ4v) is 3.68. The van der Waals surface area contributed by atoms with E-state index in [2.05, 4.69) is 19.1 Å². The molecule has 0 unspecified atom stereocenters. The van der Waals surface area contributed by atoms with Crippen molar-refractivity contribution in [3.05, 3.63) is 12.2 Å². The molecule has 1 N–H and O–H groups in total. The first-order valence-corrected chi connectivity index (χ1v) is 13.2. The molecule has 4 nitrogen and oxygen atoms in total. The highest BCUT2D eigenvalue weighted by atomic mass is 16.5. The fourth-order valence-electron chi connectivity index (χ4n) is 3.68. The van der Waals surface area contributed by atoms with E-state index >= 15 is 0 Å². The number of aliphatic carboxylic acids is 1. The van der Waals surface area contributed by atoms with Crippen molar-refractivity contribution in [2.45, 2.75) is 142 Å². The summed E-state index contributed by atoms with van der Waals surface area (Å²) in [6.45, 7) is 2.82. The van der Waals surface area contributed by atoms with Gasteiger partial charge in [-0.3, -0.25) is 9.59 Å². The van der Waals surface area contributed by atoms with Gasteiger partial charge in [0, 0.05) is 12.8 Å². The quantitative estimate of drug-likeness (QED) is 0.0933. The molecular formula is C27H50O4. The Bertz CT molecular complexity index is 431. The lowest BCUT2D eigenvalue weighted by atomic mass is 10.1. The van der Waals surface area contributed by atoms with Crippen LogP contribution in [0.5, 0.6) is 0 Å². The SMILES string of the molecule is CCCCCCCCC=CCCCCCCCCOC(=O)CCCCCCCC(=O)O. The second-order valence-electron chi connectivity index (χ2n) is 8.82.